The number of amides is 1. The Hall–Kier alpha value is -1.67. The Bertz CT molecular complexity index is 903. The molecule has 6 nitrogen and oxygen atoms in total. The van der Waals surface area contributed by atoms with Gasteiger partial charge in [0.25, 0.3) is 5.91 Å². The molecule has 1 fully saturated rings. The fourth-order valence-corrected chi connectivity index (χ4v) is 4.25. The second kappa shape index (κ2) is 8.37. The zero-order valence-electron chi connectivity index (χ0n) is 15.5. The number of ether oxygens (including phenoxy) is 1. The summed E-state index contributed by atoms with van der Waals surface area (Å²) in [6.45, 7) is 3.03. The summed E-state index contributed by atoms with van der Waals surface area (Å²) in [5.74, 6) is -0.817. The van der Waals surface area contributed by atoms with E-state index in [9.17, 15) is 9.59 Å². The van der Waals surface area contributed by atoms with Gasteiger partial charge in [0.05, 0.1) is 17.2 Å². The maximum atomic E-state index is 12.8. The van der Waals surface area contributed by atoms with Crippen LogP contribution < -0.4 is 5.73 Å². The average molecular weight is 443 g/mol. The van der Waals surface area contributed by atoms with Crippen molar-refractivity contribution < 1.29 is 18.7 Å². The van der Waals surface area contributed by atoms with E-state index in [2.05, 4.69) is 0 Å². The summed E-state index contributed by atoms with van der Waals surface area (Å²) in [6.07, 6.45) is 1.39. The van der Waals surface area contributed by atoms with E-state index in [4.69, 9.17) is 38.1 Å². The number of furan rings is 1. The summed E-state index contributed by atoms with van der Waals surface area (Å²) in [7, 11) is 1.27. The Balaban J connectivity index is 1.89. The number of carbonyl (C=O) groups excluding carboxylic acids is 2. The largest absolute Gasteiger partial charge is 0.465 e. The lowest BCUT2D eigenvalue weighted by Crippen LogP contribution is -2.49. The van der Waals surface area contributed by atoms with E-state index in [0.717, 1.165) is 11.8 Å². The number of methoxy groups -OCH3 is 1. The molecule has 28 heavy (non-hydrogen) atoms. The van der Waals surface area contributed by atoms with E-state index in [1.165, 1.54) is 13.2 Å². The molecular weight excluding hydrogens is 423 g/mol. The highest BCUT2D eigenvalue weighted by molar-refractivity contribution is 7.99. The van der Waals surface area contributed by atoms with Gasteiger partial charge in [0.15, 0.2) is 10.9 Å². The van der Waals surface area contributed by atoms with Gasteiger partial charge in [-0.3, -0.25) is 4.79 Å². The molecule has 1 aliphatic rings. The van der Waals surface area contributed by atoms with Gasteiger partial charge >= 0.3 is 5.97 Å². The number of nitrogens with two attached hydrogens (primary N) is 1. The molecule has 1 saturated heterocycles. The van der Waals surface area contributed by atoms with Gasteiger partial charge < -0.3 is 19.8 Å². The van der Waals surface area contributed by atoms with E-state index in [0.29, 0.717) is 40.9 Å². The molecule has 0 aliphatic carbocycles. The maximum absolute atomic E-state index is 12.8. The highest BCUT2D eigenvalue weighted by Gasteiger charge is 2.31. The van der Waals surface area contributed by atoms with Crippen LogP contribution in [-0.4, -0.2) is 42.5 Å². The molecule has 0 unspecified atom stereocenters. The van der Waals surface area contributed by atoms with Crippen LogP contribution in [0.2, 0.25) is 10.0 Å². The molecule has 150 valence electrons. The first-order chi connectivity index (χ1) is 13.2. The van der Waals surface area contributed by atoms with Crippen molar-refractivity contribution in [2.24, 2.45) is 5.73 Å². The third-order valence-electron chi connectivity index (χ3n) is 4.63. The van der Waals surface area contributed by atoms with Crippen LogP contribution in [0.15, 0.2) is 38.7 Å². The predicted octanol–water partition coefficient (Wildman–Crippen LogP) is 4.48. The zero-order valence-corrected chi connectivity index (χ0v) is 17.8. The molecule has 0 spiro atoms. The molecule has 2 heterocycles. The Labute approximate surface area is 177 Å². The standard InChI is InChI=1S/C19H20Cl2N2O4S/c1-19(22)6-8-23(9-7-19)16(24)13-10-11(17(25)26-2)18(27-13)28-14-5-3-4-12(20)15(14)21/h3-5,10H,6-9,22H2,1-2H3. The molecule has 0 bridgehead atoms. The molecule has 0 saturated carbocycles. The third-order valence-corrected chi connectivity index (χ3v) is 6.61. The van der Waals surface area contributed by atoms with Crippen molar-refractivity contribution in [1.82, 2.24) is 4.90 Å². The molecule has 0 radical (unpaired) electrons. The summed E-state index contributed by atoms with van der Waals surface area (Å²) in [5, 5.41) is 0.944. The topological polar surface area (TPSA) is 85.8 Å². The van der Waals surface area contributed by atoms with Crippen LogP contribution in [0.1, 0.15) is 40.7 Å². The van der Waals surface area contributed by atoms with Gasteiger partial charge in [0.1, 0.15) is 5.56 Å². The summed E-state index contributed by atoms with van der Waals surface area (Å²) in [4.78, 5) is 27.3. The van der Waals surface area contributed by atoms with Gasteiger partial charge in [-0.25, -0.2) is 4.79 Å². The Morgan fingerprint density at radius 1 is 1.29 bits per heavy atom. The number of carbonyl (C=O) groups is 2. The smallest absolute Gasteiger partial charge is 0.342 e. The Kier molecular flexibility index (Phi) is 6.29. The van der Waals surface area contributed by atoms with Crippen molar-refractivity contribution in [2.75, 3.05) is 20.2 Å². The molecule has 1 aliphatic heterocycles. The number of hydrogen-bond donors (Lipinski definition) is 1. The van der Waals surface area contributed by atoms with Crippen molar-refractivity contribution in [3.8, 4) is 0 Å². The number of piperidine rings is 1. The molecule has 2 N–H and O–H groups in total. The lowest BCUT2D eigenvalue weighted by atomic mass is 9.91. The summed E-state index contributed by atoms with van der Waals surface area (Å²) in [6, 6.07) is 6.55. The number of benzene rings is 1. The SMILES string of the molecule is COC(=O)c1cc(C(=O)N2CCC(C)(N)CC2)oc1Sc1cccc(Cl)c1Cl. The number of halogens is 2. The van der Waals surface area contributed by atoms with E-state index < -0.39 is 5.97 Å². The number of hydrogen-bond acceptors (Lipinski definition) is 6. The van der Waals surface area contributed by atoms with E-state index >= 15 is 0 Å². The van der Waals surface area contributed by atoms with Crippen LogP contribution in [0.25, 0.3) is 0 Å². The van der Waals surface area contributed by atoms with Crippen molar-refractivity contribution in [2.45, 2.75) is 35.3 Å². The van der Waals surface area contributed by atoms with Crippen LogP contribution in [-0.2, 0) is 4.74 Å². The Morgan fingerprint density at radius 2 is 1.96 bits per heavy atom. The van der Waals surface area contributed by atoms with Crippen molar-refractivity contribution in [3.05, 3.63) is 45.6 Å². The first kappa shape index (κ1) is 21.0. The number of esters is 1. The molecule has 2 aromatic rings. The lowest BCUT2D eigenvalue weighted by molar-refractivity contribution is 0.0590. The van der Waals surface area contributed by atoms with Gasteiger partial charge in [0.2, 0.25) is 0 Å². The summed E-state index contributed by atoms with van der Waals surface area (Å²) < 4.78 is 10.6. The molecule has 1 aromatic heterocycles. The number of nitrogens with zero attached hydrogens (tertiary/aromatic N) is 1. The molecule has 9 heteroatoms. The maximum Gasteiger partial charge on any atom is 0.342 e. The van der Waals surface area contributed by atoms with Crippen LogP contribution >= 0.6 is 35.0 Å². The van der Waals surface area contributed by atoms with Crippen molar-refractivity contribution >= 4 is 46.8 Å². The minimum Gasteiger partial charge on any atom is -0.465 e. The number of rotatable bonds is 4. The van der Waals surface area contributed by atoms with Crippen LogP contribution in [0, 0.1) is 0 Å². The summed E-state index contributed by atoms with van der Waals surface area (Å²) in [5.41, 5.74) is 6.01. The van der Waals surface area contributed by atoms with Crippen molar-refractivity contribution in [1.29, 1.82) is 0 Å². The fraction of sp³-hybridized carbons (Fsp3) is 0.368. The van der Waals surface area contributed by atoms with E-state index in [1.54, 1.807) is 23.1 Å². The van der Waals surface area contributed by atoms with Gasteiger partial charge in [-0.15, -0.1) is 0 Å². The normalized spacial score (nSPS) is 16.1. The summed E-state index contributed by atoms with van der Waals surface area (Å²) >= 11 is 13.4. The molecule has 1 aromatic carbocycles. The molecule has 1 amide bonds. The first-order valence-corrected chi connectivity index (χ1v) is 10.2. The number of likely N-dealkylation sites (tertiary alicyclic amines) is 1. The monoisotopic (exact) mass is 442 g/mol. The minimum absolute atomic E-state index is 0.0710. The van der Waals surface area contributed by atoms with Gasteiger partial charge in [-0.1, -0.05) is 29.3 Å². The molecule has 0 atom stereocenters. The van der Waals surface area contributed by atoms with Crippen LogP contribution in [0.4, 0.5) is 0 Å². The second-order valence-electron chi connectivity index (χ2n) is 6.90. The minimum atomic E-state index is -0.600. The van der Waals surface area contributed by atoms with Gasteiger partial charge in [0, 0.05) is 29.6 Å². The molecule has 3 rings (SSSR count). The highest BCUT2D eigenvalue weighted by Crippen LogP contribution is 2.40. The quantitative estimate of drug-likeness (QED) is 0.702. The fourth-order valence-electron chi connectivity index (χ4n) is 2.85. The first-order valence-electron chi connectivity index (χ1n) is 8.64. The average Bonchev–Trinajstić information content (AvgIpc) is 3.08. The second-order valence-corrected chi connectivity index (χ2v) is 8.70. The predicted molar refractivity (Wildman–Crippen MR) is 108 cm³/mol. The van der Waals surface area contributed by atoms with Crippen molar-refractivity contribution in [3.63, 3.8) is 0 Å². The highest BCUT2D eigenvalue weighted by atomic mass is 35.5. The Morgan fingerprint density at radius 3 is 2.61 bits per heavy atom. The van der Waals surface area contributed by atoms with Crippen LogP contribution in [0.5, 0.6) is 0 Å². The van der Waals surface area contributed by atoms with Gasteiger partial charge in [-0.2, -0.15) is 0 Å². The van der Waals surface area contributed by atoms with E-state index in [-0.39, 0.29) is 27.9 Å². The van der Waals surface area contributed by atoms with Gasteiger partial charge in [-0.05, 0) is 43.7 Å². The molecular formula is C19H20Cl2N2O4S. The lowest BCUT2D eigenvalue weighted by Gasteiger charge is -2.36. The van der Waals surface area contributed by atoms with E-state index in [1.807, 2.05) is 6.92 Å². The zero-order chi connectivity index (χ0) is 20.5. The van der Waals surface area contributed by atoms with Crippen LogP contribution in [0.3, 0.4) is 0 Å². The third kappa shape index (κ3) is 4.49.